The average Bonchev–Trinajstić information content (AvgIpc) is 3.01. The van der Waals surface area contributed by atoms with Gasteiger partial charge in [0.1, 0.15) is 5.75 Å². The Hall–Kier alpha value is -2.27. The zero-order valence-corrected chi connectivity index (χ0v) is 14.6. The Morgan fingerprint density at radius 3 is 2.88 bits per heavy atom. The van der Waals surface area contributed by atoms with E-state index in [4.69, 9.17) is 9.47 Å². The number of aromatic amines is 1. The van der Waals surface area contributed by atoms with Crippen molar-refractivity contribution >= 4 is 5.91 Å². The van der Waals surface area contributed by atoms with Crippen LogP contribution in [0.4, 0.5) is 0 Å². The number of nitrogens with one attached hydrogen (secondary N) is 1. The molecule has 2 heterocycles. The summed E-state index contributed by atoms with van der Waals surface area (Å²) in [5, 5.41) is 0. The van der Waals surface area contributed by atoms with Crippen LogP contribution in [0.1, 0.15) is 31.1 Å². The molecule has 1 amide bonds. The third-order valence-corrected chi connectivity index (χ3v) is 4.21. The van der Waals surface area contributed by atoms with Gasteiger partial charge in [0, 0.05) is 31.0 Å². The molecule has 0 radical (unpaired) electrons. The lowest BCUT2D eigenvalue weighted by Crippen LogP contribution is -2.53. The first kappa shape index (κ1) is 16.6. The van der Waals surface area contributed by atoms with Crippen molar-refractivity contribution in [3.63, 3.8) is 0 Å². The van der Waals surface area contributed by atoms with Gasteiger partial charge in [0.05, 0.1) is 24.4 Å². The van der Waals surface area contributed by atoms with Gasteiger partial charge in [0.2, 0.25) is 0 Å². The Labute approximate surface area is 142 Å². The van der Waals surface area contributed by atoms with E-state index < -0.39 is 0 Å². The van der Waals surface area contributed by atoms with E-state index in [1.54, 1.807) is 13.3 Å². The lowest BCUT2D eigenvalue weighted by molar-refractivity contribution is -0.118. The Kier molecular flexibility index (Phi) is 4.37. The van der Waals surface area contributed by atoms with Crippen molar-refractivity contribution in [2.24, 2.45) is 0 Å². The van der Waals surface area contributed by atoms with Crippen LogP contribution in [0, 0.1) is 0 Å². The molecule has 0 spiro atoms. The summed E-state index contributed by atoms with van der Waals surface area (Å²) in [4.78, 5) is 18.0. The normalized spacial score (nSPS) is 20.0. The van der Waals surface area contributed by atoms with Crippen LogP contribution in [0.2, 0.25) is 0 Å². The smallest absolute Gasteiger partial charge is 0.256 e. The van der Waals surface area contributed by atoms with E-state index in [0.717, 1.165) is 16.9 Å². The first-order chi connectivity index (χ1) is 11.4. The van der Waals surface area contributed by atoms with Crippen LogP contribution in [-0.2, 0) is 4.74 Å². The lowest BCUT2D eigenvalue weighted by Gasteiger charge is -2.41. The molecule has 1 N–H and O–H groups in total. The van der Waals surface area contributed by atoms with E-state index in [2.05, 4.69) is 4.98 Å². The molecule has 128 valence electrons. The van der Waals surface area contributed by atoms with Crippen LogP contribution in [-0.4, -0.2) is 47.7 Å². The Morgan fingerprint density at radius 1 is 1.38 bits per heavy atom. The molecule has 1 fully saturated rings. The first-order valence-electron chi connectivity index (χ1n) is 8.18. The van der Waals surface area contributed by atoms with Gasteiger partial charge in [-0.1, -0.05) is 12.1 Å². The molecule has 2 aromatic rings. The van der Waals surface area contributed by atoms with Crippen molar-refractivity contribution in [3.8, 4) is 16.9 Å². The maximum Gasteiger partial charge on any atom is 0.256 e. The van der Waals surface area contributed by atoms with Crippen LogP contribution in [0.25, 0.3) is 11.1 Å². The summed E-state index contributed by atoms with van der Waals surface area (Å²) in [6.45, 7) is 7.22. The second-order valence-electron chi connectivity index (χ2n) is 6.89. The van der Waals surface area contributed by atoms with E-state index in [1.807, 2.05) is 56.1 Å². The van der Waals surface area contributed by atoms with Crippen LogP contribution in [0.15, 0.2) is 36.7 Å². The minimum atomic E-state index is -0.334. The van der Waals surface area contributed by atoms with Crippen molar-refractivity contribution < 1.29 is 14.3 Å². The van der Waals surface area contributed by atoms with Gasteiger partial charge < -0.3 is 19.4 Å². The van der Waals surface area contributed by atoms with Gasteiger partial charge in [-0.3, -0.25) is 4.79 Å². The number of benzene rings is 1. The van der Waals surface area contributed by atoms with Crippen LogP contribution in [0.5, 0.6) is 5.75 Å². The molecular formula is C19H24N2O3. The van der Waals surface area contributed by atoms with E-state index >= 15 is 0 Å². The number of amides is 1. The van der Waals surface area contributed by atoms with E-state index in [0.29, 0.717) is 18.7 Å². The summed E-state index contributed by atoms with van der Waals surface area (Å²) in [6.07, 6.45) is 3.65. The molecule has 0 saturated carbocycles. The van der Waals surface area contributed by atoms with E-state index in [1.165, 1.54) is 0 Å². The number of carbonyl (C=O) groups excluding carboxylic acids is 1. The number of ether oxygens (including phenoxy) is 2. The van der Waals surface area contributed by atoms with Gasteiger partial charge in [-0.2, -0.15) is 0 Å². The number of methoxy groups -OCH3 is 1. The number of hydrogen-bond acceptors (Lipinski definition) is 3. The fraction of sp³-hybridized carbons (Fsp3) is 0.421. The second-order valence-corrected chi connectivity index (χ2v) is 6.89. The van der Waals surface area contributed by atoms with Gasteiger partial charge in [0.15, 0.2) is 0 Å². The largest absolute Gasteiger partial charge is 0.497 e. The predicted molar refractivity (Wildman–Crippen MR) is 93.3 cm³/mol. The summed E-state index contributed by atoms with van der Waals surface area (Å²) in [5.74, 6) is 0.797. The molecule has 1 unspecified atom stereocenters. The third kappa shape index (κ3) is 3.31. The predicted octanol–water partition coefficient (Wildman–Crippen LogP) is 3.33. The average molecular weight is 328 g/mol. The molecule has 1 saturated heterocycles. The topological polar surface area (TPSA) is 54.6 Å². The van der Waals surface area contributed by atoms with E-state index in [9.17, 15) is 4.79 Å². The van der Waals surface area contributed by atoms with Crippen molar-refractivity contribution in [3.05, 3.63) is 42.2 Å². The van der Waals surface area contributed by atoms with Gasteiger partial charge in [-0.05, 0) is 38.5 Å². The zero-order chi connectivity index (χ0) is 17.3. The second kappa shape index (κ2) is 6.32. The molecule has 0 bridgehead atoms. The number of aromatic nitrogens is 1. The standard InChI is InChI=1S/C19H24N2O3/c1-13-11-21(12-19(2,3)24-13)18(22)17-10-20-9-16(17)14-6-5-7-15(8-14)23-4/h5-10,13,20H,11-12H2,1-4H3. The molecule has 0 aliphatic carbocycles. The highest BCUT2D eigenvalue weighted by molar-refractivity contribution is 6.01. The highest BCUT2D eigenvalue weighted by Gasteiger charge is 2.34. The SMILES string of the molecule is COc1cccc(-c2c[nH]cc2C(=O)N2CC(C)OC(C)(C)C2)c1. The van der Waals surface area contributed by atoms with Crippen molar-refractivity contribution in [1.29, 1.82) is 0 Å². The number of nitrogens with zero attached hydrogens (tertiary/aromatic N) is 1. The third-order valence-electron chi connectivity index (χ3n) is 4.21. The first-order valence-corrected chi connectivity index (χ1v) is 8.18. The minimum Gasteiger partial charge on any atom is -0.497 e. The van der Waals surface area contributed by atoms with Crippen LogP contribution >= 0.6 is 0 Å². The van der Waals surface area contributed by atoms with Crippen molar-refractivity contribution in [1.82, 2.24) is 9.88 Å². The van der Waals surface area contributed by atoms with Gasteiger partial charge in [-0.15, -0.1) is 0 Å². The molecule has 1 atom stereocenters. The molecule has 1 aliphatic heterocycles. The molecule has 5 nitrogen and oxygen atoms in total. The van der Waals surface area contributed by atoms with E-state index in [-0.39, 0.29) is 17.6 Å². The molecule has 1 aliphatic rings. The Balaban J connectivity index is 1.90. The molecule has 24 heavy (non-hydrogen) atoms. The minimum absolute atomic E-state index is 0.0249. The summed E-state index contributed by atoms with van der Waals surface area (Å²) in [6, 6.07) is 7.74. The highest BCUT2D eigenvalue weighted by atomic mass is 16.5. The maximum atomic E-state index is 13.1. The molecule has 1 aromatic carbocycles. The summed E-state index contributed by atoms with van der Waals surface area (Å²) >= 11 is 0. The Morgan fingerprint density at radius 2 is 2.17 bits per heavy atom. The quantitative estimate of drug-likeness (QED) is 0.940. The monoisotopic (exact) mass is 328 g/mol. The molecular weight excluding hydrogens is 304 g/mol. The van der Waals surface area contributed by atoms with Gasteiger partial charge in [-0.25, -0.2) is 0 Å². The highest BCUT2D eigenvalue weighted by Crippen LogP contribution is 2.29. The summed E-state index contributed by atoms with van der Waals surface area (Å²) in [5.41, 5.74) is 2.18. The number of rotatable bonds is 3. The molecule has 3 rings (SSSR count). The number of carbonyl (C=O) groups is 1. The fourth-order valence-corrected chi connectivity index (χ4v) is 3.35. The van der Waals surface area contributed by atoms with Crippen LogP contribution in [0.3, 0.4) is 0 Å². The fourth-order valence-electron chi connectivity index (χ4n) is 3.35. The van der Waals surface area contributed by atoms with Crippen molar-refractivity contribution in [2.75, 3.05) is 20.2 Å². The van der Waals surface area contributed by atoms with Crippen molar-refractivity contribution in [2.45, 2.75) is 32.5 Å². The lowest BCUT2D eigenvalue weighted by atomic mass is 10.0. The maximum absolute atomic E-state index is 13.1. The molecule has 5 heteroatoms. The summed E-state index contributed by atoms with van der Waals surface area (Å²) in [7, 11) is 1.64. The van der Waals surface area contributed by atoms with Crippen LogP contribution < -0.4 is 4.74 Å². The number of H-pyrrole nitrogens is 1. The Bertz CT molecular complexity index is 736. The number of hydrogen-bond donors (Lipinski definition) is 1. The van der Waals surface area contributed by atoms with Gasteiger partial charge in [0.25, 0.3) is 5.91 Å². The molecule has 1 aromatic heterocycles. The zero-order valence-electron chi connectivity index (χ0n) is 14.6. The summed E-state index contributed by atoms with van der Waals surface area (Å²) < 4.78 is 11.2. The number of morpholine rings is 1. The van der Waals surface area contributed by atoms with Gasteiger partial charge >= 0.3 is 0 Å².